The van der Waals surface area contributed by atoms with Gasteiger partial charge in [-0.1, -0.05) is 32.0 Å². The van der Waals surface area contributed by atoms with Gasteiger partial charge >= 0.3 is 0 Å². The first-order valence-corrected chi connectivity index (χ1v) is 6.15. The summed E-state index contributed by atoms with van der Waals surface area (Å²) in [6.07, 6.45) is 2.46. The number of ether oxygens (including phenoxy) is 1. The number of oxime groups is 1. The van der Waals surface area contributed by atoms with Crippen molar-refractivity contribution in [3.05, 3.63) is 42.5 Å². The molecule has 1 N–H and O–H groups in total. The number of rotatable bonds is 3. The van der Waals surface area contributed by atoms with Crippen LogP contribution >= 0.6 is 0 Å². The normalized spacial score (nSPS) is 9.28. The van der Waals surface area contributed by atoms with Crippen molar-refractivity contribution in [2.24, 2.45) is 5.16 Å². The summed E-state index contributed by atoms with van der Waals surface area (Å²) in [6, 6.07) is 7.43. The minimum Gasteiger partial charge on any atom is -0.497 e. The van der Waals surface area contributed by atoms with Gasteiger partial charge in [0.15, 0.2) is 0 Å². The van der Waals surface area contributed by atoms with Gasteiger partial charge in [-0.3, -0.25) is 0 Å². The van der Waals surface area contributed by atoms with Crippen LogP contribution in [0.4, 0.5) is 0 Å². The van der Waals surface area contributed by atoms with E-state index in [1.165, 1.54) is 0 Å². The molecule has 1 aromatic carbocycles. The molecular weight excluding hydrogens is 226 g/mol. The minimum absolute atomic E-state index is 0.683. The van der Waals surface area contributed by atoms with Gasteiger partial charge in [-0.2, -0.15) is 0 Å². The molecule has 0 bridgehead atoms. The number of hydrogen-bond donors (Lipinski definition) is 1. The Kier molecular flexibility index (Phi) is 13.7. The number of nitrogens with zero attached hydrogens (tertiary/aromatic N) is 1. The molecule has 0 saturated carbocycles. The lowest BCUT2D eigenvalue weighted by molar-refractivity contribution is 0.318. The zero-order valence-electron chi connectivity index (χ0n) is 12.1. The number of hydrogen-bond acceptors (Lipinski definition) is 3. The third-order valence-corrected chi connectivity index (χ3v) is 1.88. The van der Waals surface area contributed by atoms with Crippen LogP contribution in [0.2, 0.25) is 0 Å². The molecule has 1 aromatic rings. The Balaban J connectivity index is 0. The molecular formula is C15H25NO2. The summed E-state index contributed by atoms with van der Waals surface area (Å²) in [5.41, 5.74) is 1.61. The number of methoxy groups -OCH3 is 1. The molecule has 3 nitrogen and oxygen atoms in total. The van der Waals surface area contributed by atoms with E-state index in [0.717, 1.165) is 11.3 Å². The van der Waals surface area contributed by atoms with Gasteiger partial charge in [-0.15, -0.1) is 6.58 Å². The highest BCUT2D eigenvalue weighted by Gasteiger charge is 2.00. The summed E-state index contributed by atoms with van der Waals surface area (Å²) in [6.45, 7) is 11.2. The van der Waals surface area contributed by atoms with Crippen molar-refractivity contribution in [1.29, 1.82) is 0 Å². The fourth-order valence-corrected chi connectivity index (χ4v) is 1.12. The lowest BCUT2D eigenvalue weighted by atomic mass is 10.1. The Morgan fingerprint density at radius 3 is 2.06 bits per heavy atom. The Hall–Kier alpha value is -1.77. The van der Waals surface area contributed by atoms with E-state index in [4.69, 9.17) is 9.94 Å². The van der Waals surface area contributed by atoms with E-state index < -0.39 is 0 Å². The largest absolute Gasteiger partial charge is 0.497 e. The summed E-state index contributed by atoms with van der Waals surface area (Å²) < 4.78 is 5.01. The zero-order valence-corrected chi connectivity index (χ0v) is 12.1. The summed E-state index contributed by atoms with van der Waals surface area (Å²) in [7, 11) is 1.62. The Morgan fingerprint density at radius 1 is 1.33 bits per heavy atom. The van der Waals surface area contributed by atoms with Crippen LogP contribution in [0.25, 0.3) is 0 Å². The molecule has 0 heterocycles. The van der Waals surface area contributed by atoms with Crippen LogP contribution in [0.1, 0.15) is 39.7 Å². The molecule has 0 unspecified atom stereocenters. The molecule has 18 heavy (non-hydrogen) atoms. The van der Waals surface area contributed by atoms with Crippen LogP contribution in [0.3, 0.4) is 0 Å². The fourth-order valence-electron chi connectivity index (χ4n) is 1.12. The summed E-state index contributed by atoms with van der Waals surface area (Å²) in [5.74, 6) is 0.803. The van der Waals surface area contributed by atoms with E-state index in [1.807, 2.05) is 52.0 Å². The average Bonchev–Trinajstić information content (AvgIpc) is 2.44. The van der Waals surface area contributed by atoms with E-state index in [0.29, 0.717) is 12.1 Å². The first kappa shape index (κ1) is 18.6. The zero-order chi connectivity index (χ0) is 14.4. The van der Waals surface area contributed by atoms with Crippen molar-refractivity contribution in [3.63, 3.8) is 0 Å². The van der Waals surface area contributed by atoms with Crippen LogP contribution in [0.15, 0.2) is 42.1 Å². The molecule has 0 aromatic heterocycles. The van der Waals surface area contributed by atoms with Crippen molar-refractivity contribution in [2.75, 3.05) is 7.11 Å². The Labute approximate surface area is 111 Å². The van der Waals surface area contributed by atoms with Gasteiger partial charge in [-0.05, 0) is 43.2 Å². The van der Waals surface area contributed by atoms with Crippen molar-refractivity contribution in [1.82, 2.24) is 0 Å². The van der Waals surface area contributed by atoms with E-state index in [-0.39, 0.29) is 0 Å². The molecule has 0 fully saturated rings. The Morgan fingerprint density at radius 2 is 1.78 bits per heavy atom. The highest BCUT2D eigenvalue weighted by atomic mass is 16.5. The van der Waals surface area contributed by atoms with Crippen LogP contribution in [-0.4, -0.2) is 18.0 Å². The summed E-state index contributed by atoms with van der Waals surface area (Å²) >= 11 is 0. The predicted molar refractivity (Wildman–Crippen MR) is 78.8 cm³/mol. The van der Waals surface area contributed by atoms with E-state index in [9.17, 15) is 0 Å². The van der Waals surface area contributed by atoms with Crippen molar-refractivity contribution < 1.29 is 9.94 Å². The maximum Gasteiger partial charge on any atom is 0.118 e. The second kappa shape index (κ2) is 13.3. The van der Waals surface area contributed by atoms with Gasteiger partial charge in [0.05, 0.1) is 12.8 Å². The van der Waals surface area contributed by atoms with E-state index in [2.05, 4.69) is 11.7 Å². The van der Waals surface area contributed by atoms with Crippen molar-refractivity contribution in [3.8, 4) is 5.75 Å². The van der Waals surface area contributed by atoms with Gasteiger partial charge in [0.2, 0.25) is 0 Å². The van der Waals surface area contributed by atoms with E-state index in [1.54, 1.807) is 13.2 Å². The SMILES string of the molecule is C=CC.CC.CC/C(=N\O)c1ccc(OC)cc1. The van der Waals surface area contributed by atoms with Crippen LogP contribution < -0.4 is 4.74 Å². The molecule has 3 heteroatoms. The lowest BCUT2D eigenvalue weighted by Gasteiger charge is -2.02. The average molecular weight is 251 g/mol. The van der Waals surface area contributed by atoms with Gasteiger partial charge in [0.1, 0.15) is 5.75 Å². The predicted octanol–water partition coefficient (Wildman–Crippen LogP) is 4.50. The molecule has 1 rings (SSSR count). The third-order valence-electron chi connectivity index (χ3n) is 1.88. The van der Waals surface area contributed by atoms with Gasteiger partial charge in [0.25, 0.3) is 0 Å². The molecule has 0 aliphatic carbocycles. The fraction of sp³-hybridized carbons (Fsp3) is 0.400. The topological polar surface area (TPSA) is 41.8 Å². The van der Waals surface area contributed by atoms with E-state index >= 15 is 0 Å². The summed E-state index contributed by atoms with van der Waals surface area (Å²) in [5, 5.41) is 11.9. The molecule has 0 aliphatic rings. The minimum atomic E-state index is 0.683. The quantitative estimate of drug-likeness (QED) is 0.372. The van der Waals surface area contributed by atoms with Gasteiger partial charge < -0.3 is 9.94 Å². The molecule has 0 amide bonds. The standard InChI is InChI=1S/C10H13NO2.C3H6.C2H6/c1-3-10(11-12)8-4-6-9(13-2)7-5-8;1-3-2;1-2/h4-7,12H,3H2,1-2H3;3H,1H2,2H3;1-2H3/b11-10+;;. The molecule has 0 spiro atoms. The van der Waals surface area contributed by atoms with Gasteiger partial charge in [0, 0.05) is 0 Å². The van der Waals surface area contributed by atoms with Crippen LogP contribution in [0, 0.1) is 0 Å². The molecule has 0 aliphatic heterocycles. The molecule has 102 valence electrons. The van der Waals surface area contributed by atoms with Crippen molar-refractivity contribution >= 4 is 5.71 Å². The highest BCUT2D eigenvalue weighted by Crippen LogP contribution is 2.12. The maximum absolute atomic E-state index is 8.66. The summed E-state index contributed by atoms with van der Waals surface area (Å²) in [4.78, 5) is 0. The van der Waals surface area contributed by atoms with Crippen molar-refractivity contribution in [2.45, 2.75) is 34.1 Å². The molecule has 0 atom stereocenters. The number of benzene rings is 1. The Bertz CT molecular complexity index is 329. The first-order valence-electron chi connectivity index (χ1n) is 6.15. The monoisotopic (exact) mass is 251 g/mol. The third kappa shape index (κ3) is 7.49. The smallest absolute Gasteiger partial charge is 0.118 e. The van der Waals surface area contributed by atoms with Crippen LogP contribution in [0.5, 0.6) is 5.75 Å². The van der Waals surface area contributed by atoms with Gasteiger partial charge in [-0.25, -0.2) is 0 Å². The first-order chi connectivity index (χ1) is 8.73. The highest BCUT2D eigenvalue weighted by molar-refractivity contribution is 6.00. The maximum atomic E-state index is 8.66. The second-order valence-corrected chi connectivity index (χ2v) is 3.04. The lowest BCUT2D eigenvalue weighted by Crippen LogP contribution is -1.98. The molecule has 0 saturated heterocycles. The second-order valence-electron chi connectivity index (χ2n) is 3.04. The molecule has 0 radical (unpaired) electrons. The number of allylic oxidation sites excluding steroid dienone is 1. The van der Waals surface area contributed by atoms with Crippen LogP contribution in [-0.2, 0) is 0 Å².